The lowest BCUT2D eigenvalue weighted by atomic mass is 9.95. The first-order chi connectivity index (χ1) is 13.9. The second-order valence-corrected chi connectivity index (χ2v) is 9.16. The molecule has 0 spiro atoms. The van der Waals surface area contributed by atoms with Gasteiger partial charge in [0.1, 0.15) is 5.82 Å². The number of guanidine groups is 1. The van der Waals surface area contributed by atoms with E-state index in [1.54, 1.807) is 13.1 Å². The fourth-order valence-corrected chi connectivity index (χ4v) is 4.12. The van der Waals surface area contributed by atoms with Gasteiger partial charge in [-0.2, -0.15) is 0 Å². The number of hydrogen-bond acceptors (Lipinski definition) is 3. The Morgan fingerprint density at radius 3 is 2.41 bits per heavy atom. The normalized spacial score (nSPS) is 15.7. The first-order valence-corrected chi connectivity index (χ1v) is 11.3. The number of nitrogens with one attached hydrogen (secondary N) is 3. The third-order valence-corrected chi connectivity index (χ3v) is 6.44. The van der Waals surface area contributed by atoms with E-state index in [1.165, 1.54) is 6.07 Å². The summed E-state index contributed by atoms with van der Waals surface area (Å²) >= 11 is 0. The van der Waals surface area contributed by atoms with Crippen molar-refractivity contribution in [3.63, 3.8) is 0 Å². The molecule has 1 aliphatic carbocycles. The number of benzene rings is 2. The summed E-state index contributed by atoms with van der Waals surface area (Å²) in [6.07, 6.45) is 1.82. The molecule has 8 heteroatoms. The van der Waals surface area contributed by atoms with Crippen molar-refractivity contribution < 1.29 is 12.8 Å². The van der Waals surface area contributed by atoms with Crippen LogP contribution < -0.4 is 15.4 Å². The van der Waals surface area contributed by atoms with E-state index in [0.29, 0.717) is 12.5 Å². The molecule has 1 aliphatic rings. The van der Waals surface area contributed by atoms with Gasteiger partial charge in [-0.05, 0) is 30.0 Å². The van der Waals surface area contributed by atoms with Crippen LogP contribution >= 0.6 is 0 Å². The summed E-state index contributed by atoms with van der Waals surface area (Å²) in [5.74, 6) is 0.245. The van der Waals surface area contributed by atoms with Crippen LogP contribution in [0.3, 0.4) is 0 Å². The van der Waals surface area contributed by atoms with Gasteiger partial charge in [-0.1, -0.05) is 48.5 Å². The number of rotatable bonds is 9. The predicted molar refractivity (Wildman–Crippen MR) is 114 cm³/mol. The summed E-state index contributed by atoms with van der Waals surface area (Å²) in [4.78, 5) is 4.13. The third kappa shape index (κ3) is 6.01. The van der Waals surface area contributed by atoms with E-state index in [2.05, 4.69) is 20.3 Å². The van der Waals surface area contributed by atoms with Crippen LogP contribution in [0.1, 0.15) is 24.0 Å². The molecule has 0 amide bonds. The van der Waals surface area contributed by atoms with E-state index >= 15 is 0 Å². The summed E-state index contributed by atoms with van der Waals surface area (Å²) in [6, 6.07) is 16.2. The molecule has 0 aromatic heterocycles. The zero-order valence-corrected chi connectivity index (χ0v) is 17.3. The van der Waals surface area contributed by atoms with E-state index in [1.807, 2.05) is 42.5 Å². The van der Waals surface area contributed by atoms with Gasteiger partial charge in [-0.15, -0.1) is 0 Å². The fourth-order valence-electron chi connectivity index (χ4n) is 3.22. The molecule has 0 heterocycles. The van der Waals surface area contributed by atoms with Crippen LogP contribution in [0.5, 0.6) is 0 Å². The van der Waals surface area contributed by atoms with Crippen molar-refractivity contribution in [3.05, 3.63) is 71.5 Å². The standard InChI is InChI=1S/C21H27FN4O2S/c1-23-20(25-16-21(11-12-21)18-9-5-6-10-19(18)22)24-13-14-29(27,28)26-15-17-7-3-2-4-8-17/h2-10,26H,11-16H2,1H3,(H2,23,24,25). The number of halogens is 1. The van der Waals surface area contributed by atoms with Crippen LogP contribution in [0.15, 0.2) is 59.6 Å². The monoisotopic (exact) mass is 418 g/mol. The summed E-state index contributed by atoms with van der Waals surface area (Å²) in [7, 11) is -1.78. The Balaban J connectivity index is 1.44. The maximum absolute atomic E-state index is 14.1. The van der Waals surface area contributed by atoms with E-state index < -0.39 is 10.0 Å². The van der Waals surface area contributed by atoms with Gasteiger partial charge in [0.25, 0.3) is 0 Å². The number of aliphatic imine (C=N–C) groups is 1. The summed E-state index contributed by atoms with van der Waals surface area (Å²) < 4.78 is 41.0. The van der Waals surface area contributed by atoms with Crippen molar-refractivity contribution in [1.82, 2.24) is 15.4 Å². The molecule has 6 nitrogen and oxygen atoms in total. The minimum atomic E-state index is -3.41. The molecule has 0 aliphatic heterocycles. The van der Waals surface area contributed by atoms with Gasteiger partial charge in [0.15, 0.2) is 5.96 Å². The lowest BCUT2D eigenvalue weighted by molar-refractivity contribution is 0.559. The van der Waals surface area contributed by atoms with E-state index in [-0.39, 0.29) is 30.1 Å². The van der Waals surface area contributed by atoms with Gasteiger partial charge in [0.2, 0.25) is 10.0 Å². The fraction of sp³-hybridized carbons (Fsp3) is 0.381. The largest absolute Gasteiger partial charge is 0.356 e. The molecule has 0 bridgehead atoms. The summed E-state index contributed by atoms with van der Waals surface area (Å²) in [5.41, 5.74) is 1.41. The van der Waals surface area contributed by atoms with Crippen LogP contribution in [-0.4, -0.2) is 40.3 Å². The minimum Gasteiger partial charge on any atom is -0.356 e. The number of hydrogen-bond donors (Lipinski definition) is 3. The van der Waals surface area contributed by atoms with Gasteiger partial charge in [0.05, 0.1) is 5.75 Å². The number of nitrogens with zero attached hydrogens (tertiary/aromatic N) is 1. The minimum absolute atomic E-state index is 0.0704. The van der Waals surface area contributed by atoms with Crippen molar-refractivity contribution >= 4 is 16.0 Å². The van der Waals surface area contributed by atoms with Crippen LogP contribution in [0.4, 0.5) is 4.39 Å². The maximum atomic E-state index is 14.1. The first-order valence-electron chi connectivity index (χ1n) is 9.65. The highest BCUT2D eigenvalue weighted by Crippen LogP contribution is 2.48. The first kappa shape index (κ1) is 21.3. The van der Waals surface area contributed by atoms with Gasteiger partial charge in [0, 0.05) is 32.1 Å². The maximum Gasteiger partial charge on any atom is 0.213 e. The van der Waals surface area contributed by atoms with Gasteiger partial charge < -0.3 is 10.6 Å². The molecular formula is C21H27FN4O2S. The van der Waals surface area contributed by atoms with Gasteiger partial charge in [-0.25, -0.2) is 17.5 Å². The summed E-state index contributed by atoms with van der Waals surface area (Å²) in [6.45, 7) is 1.03. The highest BCUT2D eigenvalue weighted by atomic mass is 32.2. The molecule has 2 aromatic carbocycles. The molecule has 3 N–H and O–H groups in total. The average molecular weight is 419 g/mol. The zero-order chi connectivity index (χ0) is 20.7. The second kappa shape index (κ2) is 9.37. The Hall–Kier alpha value is -2.45. The molecule has 0 radical (unpaired) electrons. The third-order valence-electron chi connectivity index (χ3n) is 5.12. The zero-order valence-electron chi connectivity index (χ0n) is 16.5. The number of sulfonamides is 1. The quantitative estimate of drug-likeness (QED) is 0.430. The molecule has 2 aromatic rings. The molecular weight excluding hydrogens is 391 g/mol. The van der Waals surface area contributed by atoms with Crippen molar-refractivity contribution in [1.29, 1.82) is 0 Å². The highest BCUT2D eigenvalue weighted by molar-refractivity contribution is 7.89. The van der Waals surface area contributed by atoms with E-state index in [4.69, 9.17) is 0 Å². The smallest absolute Gasteiger partial charge is 0.213 e. The molecule has 1 saturated carbocycles. The average Bonchev–Trinajstić information content (AvgIpc) is 3.51. The van der Waals surface area contributed by atoms with E-state index in [9.17, 15) is 12.8 Å². The van der Waals surface area contributed by atoms with Gasteiger partial charge in [-0.3, -0.25) is 4.99 Å². The Morgan fingerprint density at radius 2 is 1.76 bits per heavy atom. The SMILES string of the molecule is CN=C(NCCS(=O)(=O)NCc1ccccc1)NCC1(c2ccccc2F)CC1. The lowest BCUT2D eigenvalue weighted by Crippen LogP contribution is -2.43. The van der Waals surface area contributed by atoms with Crippen molar-refractivity contribution in [2.75, 3.05) is 25.9 Å². The molecule has 0 atom stereocenters. The molecule has 156 valence electrons. The van der Waals surface area contributed by atoms with Crippen molar-refractivity contribution in [2.45, 2.75) is 24.8 Å². The van der Waals surface area contributed by atoms with Crippen molar-refractivity contribution in [3.8, 4) is 0 Å². The van der Waals surface area contributed by atoms with Crippen LogP contribution in [0.25, 0.3) is 0 Å². The van der Waals surface area contributed by atoms with E-state index in [0.717, 1.165) is 24.0 Å². The van der Waals surface area contributed by atoms with Crippen LogP contribution in [0.2, 0.25) is 0 Å². The molecule has 0 unspecified atom stereocenters. The summed E-state index contributed by atoms with van der Waals surface area (Å²) in [5, 5.41) is 6.22. The van der Waals surface area contributed by atoms with Crippen molar-refractivity contribution in [2.24, 2.45) is 4.99 Å². The van der Waals surface area contributed by atoms with Gasteiger partial charge >= 0.3 is 0 Å². The Labute approximate surface area is 171 Å². The molecule has 1 fully saturated rings. The molecule has 29 heavy (non-hydrogen) atoms. The Morgan fingerprint density at radius 1 is 1.07 bits per heavy atom. The predicted octanol–water partition coefficient (Wildman–Crippen LogP) is 2.14. The second-order valence-electron chi connectivity index (χ2n) is 7.24. The Kier molecular flexibility index (Phi) is 6.87. The van der Waals surface area contributed by atoms with Crippen LogP contribution in [-0.2, 0) is 22.0 Å². The van der Waals surface area contributed by atoms with Crippen LogP contribution in [0, 0.1) is 5.82 Å². The topological polar surface area (TPSA) is 82.6 Å². The molecule has 3 rings (SSSR count). The Bertz CT molecular complexity index is 944. The highest BCUT2D eigenvalue weighted by Gasteiger charge is 2.45. The molecule has 0 saturated heterocycles. The lowest BCUT2D eigenvalue weighted by Gasteiger charge is -2.19.